The molecule has 1 aromatic carbocycles. The Bertz CT molecular complexity index is 1080. The molecule has 45 heavy (non-hydrogen) atoms. The van der Waals surface area contributed by atoms with Crippen LogP contribution in [0.25, 0.3) is 10.4 Å². The Morgan fingerprint density at radius 1 is 0.956 bits per heavy atom. The summed E-state index contributed by atoms with van der Waals surface area (Å²) in [6.45, 7) is 13.5. The molecule has 13 nitrogen and oxygen atoms in total. The number of benzene rings is 1. The van der Waals surface area contributed by atoms with Crippen LogP contribution in [-0.2, 0) is 28.5 Å². The van der Waals surface area contributed by atoms with Gasteiger partial charge in [0.15, 0.2) is 5.72 Å². The molecule has 1 aromatic rings. The van der Waals surface area contributed by atoms with E-state index in [0.717, 1.165) is 19.4 Å². The van der Waals surface area contributed by atoms with E-state index >= 15 is 0 Å². The summed E-state index contributed by atoms with van der Waals surface area (Å²) in [5.74, 6) is 6.57. The second-order valence-electron chi connectivity index (χ2n) is 11.0. The second-order valence-corrected chi connectivity index (χ2v) is 11.0. The fraction of sp³-hybridized carbons (Fsp3) is 0.688. The van der Waals surface area contributed by atoms with E-state index in [9.17, 15) is 9.59 Å². The van der Waals surface area contributed by atoms with Crippen LogP contribution in [0.2, 0.25) is 0 Å². The molecule has 1 rings (SSSR count). The summed E-state index contributed by atoms with van der Waals surface area (Å²) in [5, 5.41) is 9.15. The van der Waals surface area contributed by atoms with Gasteiger partial charge in [0.05, 0.1) is 52.8 Å². The minimum Gasteiger partial charge on any atom is -0.490 e. The monoisotopic (exact) mass is 633 g/mol. The van der Waals surface area contributed by atoms with Crippen molar-refractivity contribution in [3.63, 3.8) is 0 Å². The third kappa shape index (κ3) is 21.9. The number of hydrogen-bond acceptors (Lipinski definition) is 9. The summed E-state index contributed by atoms with van der Waals surface area (Å²) in [4.78, 5) is 27.2. The summed E-state index contributed by atoms with van der Waals surface area (Å²) < 4.78 is 33.3. The van der Waals surface area contributed by atoms with E-state index in [1.165, 1.54) is 0 Å². The highest BCUT2D eigenvalue weighted by atomic mass is 16.6. The van der Waals surface area contributed by atoms with E-state index in [4.69, 9.17) is 34.0 Å². The van der Waals surface area contributed by atoms with Crippen LogP contribution in [0, 0.1) is 23.7 Å². The van der Waals surface area contributed by atoms with Gasteiger partial charge in [0.25, 0.3) is 5.91 Å². The van der Waals surface area contributed by atoms with Crippen molar-refractivity contribution in [2.24, 2.45) is 17.0 Å². The average molecular weight is 634 g/mol. The lowest BCUT2D eigenvalue weighted by Crippen LogP contribution is -2.35. The highest BCUT2D eigenvalue weighted by Crippen LogP contribution is 2.19. The first kappa shape index (κ1) is 39.7. The molecular formula is C32H51N5O8. The highest BCUT2D eigenvalue weighted by molar-refractivity contribution is 5.94. The van der Waals surface area contributed by atoms with Gasteiger partial charge in [0, 0.05) is 29.5 Å². The second kappa shape index (κ2) is 24.9. The van der Waals surface area contributed by atoms with E-state index in [1.807, 2.05) is 13.8 Å². The van der Waals surface area contributed by atoms with Crippen LogP contribution in [-0.4, -0.2) is 96.7 Å². The number of nitrogens with zero attached hydrogens (tertiary/aromatic N) is 3. The van der Waals surface area contributed by atoms with Crippen molar-refractivity contribution in [2.45, 2.75) is 53.2 Å². The number of carbonyl (C=O) groups is 2. The highest BCUT2D eigenvalue weighted by Gasteiger charge is 2.25. The summed E-state index contributed by atoms with van der Waals surface area (Å²) in [6.07, 6.45) is 2.23. The zero-order chi connectivity index (χ0) is 33.2. The van der Waals surface area contributed by atoms with E-state index in [-0.39, 0.29) is 50.7 Å². The number of azide groups is 1. The van der Waals surface area contributed by atoms with Gasteiger partial charge in [-0.1, -0.05) is 50.7 Å². The molecule has 0 aliphatic heterocycles. The van der Waals surface area contributed by atoms with Crippen molar-refractivity contribution < 1.29 is 38.0 Å². The summed E-state index contributed by atoms with van der Waals surface area (Å²) in [7, 11) is 0. The van der Waals surface area contributed by atoms with E-state index < -0.39 is 5.72 Å². The van der Waals surface area contributed by atoms with Crippen LogP contribution in [0.5, 0.6) is 5.75 Å². The molecule has 252 valence electrons. The molecule has 13 heteroatoms. The van der Waals surface area contributed by atoms with E-state index in [1.54, 1.807) is 31.2 Å². The van der Waals surface area contributed by atoms with Crippen LogP contribution >= 0.6 is 0 Å². The average Bonchev–Trinajstić information content (AvgIpc) is 3.00. The first-order chi connectivity index (χ1) is 21.6. The van der Waals surface area contributed by atoms with Crippen LogP contribution in [0.15, 0.2) is 29.4 Å². The Morgan fingerprint density at radius 3 is 2.33 bits per heavy atom. The molecular weight excluding hydrogens is 582 g/mol. The van der Waals surface area contributed by atoms with Gasteiger partial charge < -0.3 is 39.1 Å². The zero-order valence-corrected chi connectivity index (χ0v) is 27.5. The summed E-state index contributed by atoms with van der Waals surface area (Å²) in [5.41, 5.74) is 8.07. The van der Waals surface area contributed by atoms with E-state index in [2.05, 4.69) is 46.3 Å². The lowest BCUT2D eigenvalue weighted by Gasteiger charge is -2.24. The molecule has 0 heterocycles. The smallest absolute Gasteiger partial charge is 0.251 e. The first-order valence-corrected chi connectivity index (χ1v) is 15.4. The Hall–Kier alpha value is -3.37. The molecule has 0 aliphatic carbocycles. The third-order valence-electron chi connectivity index (χ3n) is 5.84. The maximum absolute atomic E-state index is 12.6. The van der Waals surface area contributed by atoms with Crippen molar-refractivity contribution in [3.05, 3.63) is 40.3 Å². The molecule has 2 N–H and O–H groups in total. The molecule has 0 aromatic heterocycles. The zero-order valence-electron chi connectivity index (χ0n) is 27.5. The normalized spacial score (nSPS) is 12.2. The van der Waals surface area contributed by atoms with Gasteiger partial charge in [-0.05, 0) is 49.4 Å². The van der Waals surface area contributed by atoms with Gasteiger partial charge in [-0.2, -0.15) is 0 Å². The first-order valence-electron chi connectivity index (χ1n) is 15.4. The number of carbonyl (C=O) groups excluding carboxylic acids is 2. The topological polar surface area (TPSA) is 162 Å². The molecule has 0 radical (unpaired) electrons. The molecule has 0 spiro atoms. The molecule has 0 saturated heterocycles. The summed E-state index contributed by atoms with van der Waals surface area (Å²) in [6, 6.07) is 6.61. The van der Waals surface area contributed by atoms with Gasteiger partial charge in [0.2, 0.25) is 5.91 Å². The predicted molar refractivity (Wildman–Crippen MR) is 171 cm³/mol. The number of rotatable bonds is 25. The molecule has 1 unspecified atom stereocenters. The van der Waals surface area contributed by atoms with Crippen molar-refractivity contribution in [2.75, 3.05) is 79.2 Å². The minimum atomic E-state index is -1.34. The third-order valence-corrected chi connectivity index (χ3v) is 5.84. The lowest BCUT2D eigenvalue weighted by molar-refractivity contribution is -0.127. The molecule has 0 fully saturated rings. The van der Waals surface area contributed by atoms with E-state index in [0.29, 0.717) is 56.8 Å². The van der Waals surface area contributed by atoms with Gasteiger partial charge in [0.1, 0.15) is 19.0 Å². The number of hydrogen-bond donors (Lipinski definition) is 2. The van der Waals surface area contributed by atoms with Gasteiger partial charge in [-0.3, -0.25) is 9.59 Å². The van der Waals surface area contributed by atoms with Gasteiger partial charge >= 0.3 is 0 Å². The maximum Gasteiger partial charge on any atom is 0.251 e. The molecule has 0 saturated carbocycles. The Morgan fingerprint density at radius 2 is 1.64 bits per heavy atom. The molecule has 0 bridgehead atoms. The largest absolute Gasteiger partial charge is 0.490 e. The van der Waals surface area contributed by atoms with Gasteiger partial charge in [-0.25, -0.2) is 0 Å². The Balaban J connectivity index is 2.27. The van der Waals surface area contributed by atoms with Gasteiger partial charge in [-0.15, -0.1) is 0 Å². The van der Waals surface area contributed by atoms with Crippen molar-refractivity contribution in [3.8, 4) is 17.6 Å². The van der Waals surface area contributed by atoms with Crippen LogP contribution in [0.4, 0.5) is 0 Å². The van der Waals surface area contributed by atoms with Crippen molar-refractivity contribution in [1.29, 1.82) is 0 Å². The molecule has 1 atom stereocenters. The molecule has 2 amide bonds. The Kier molecular flexibility index (Phi) is 21.9. The van der Waals surface area contributed by atoms with Crippen molar-refractivity contribution >= 4 is 11.8 Å². The maximum atomic E-state index is 12.6. The summed E-state index contributed by atoms with van der Waals surface area (Å²) >= 11 is 0. The van der Waals surface area contributed by atoms with Crippen LogP contribution in [0.1, 0.15) is 57.8 Å². The lowest BCUT2D eigenvalue weighted by atomic mass is 10.1. The fourth-order valence-electron chi connectivity index (χ4n) is 3.55. The SMILES string of the molecule is CC(C)C#CCNC(=O)COCCOC(C)(COc1cccc(C(=O)NCCOCCOCCOCCCC(C)C)c1)N=[N+]=[N-]. The number of amides is 2. The minimum absolute atomic E-state index is 0.0585. The quantitative estimate of drug-likeness (QED) is 0.0534. The standard InChI is InChI=1S/C32H51N5O8/c1-26(2)9-7-13-34-30(38)24-43-21-22-45-32(5,36-37-33)25-44-29-12-6-11-28(23-29)31(39)35-14-16-41-18-20-42-19-17-40-15-8-10-27(3)4/h6,11-12,23,26-27H,8,10,13-22,24-25H2,1-5H3,(H,34,38)(H,35,39). The number of ether oxygens (including phenoxy) is 6. The van der Waals surface area contributed by atoms with Crippen molar-refractivity contribution in [1.82, 2.24) is 10.6 Å². The fourth-order valence-corrected chi connectivity index (χ4v) is 3.55. The van der Waals surface area contributed by atoms with Crippen LogP contribution in [0.3, 0.4) is 0 Å². The Labute approximate surface area is 267 Å². The molecule has 0 aliphatic rings. The predicted octanol–water partition coefficient (Wildman–Crippen LogP) is 4.12. The van der Waals surface area contributed by atoms with Crippen LogP contribution < -0.4 is 15.4 Å². The number of nitrogens with one attached hydrogen (secondary N) is 2.